The number of rotatable bonds is 8. The van der Waals surface area contributed by atoms with Gasteiger partial charge >= 0.3 is 0 Å². The van der Waals surface area contributed by atoms with Crippen LogP contribution in [0.5, 0.6) is 0 Å². The second-order valence-corrected chi connectivity index (χ2v) is 7.02. The fraction of sp³-hybridized carbons (Fsp3) is 0.444. The highest BCUT2D eigenvalue weighted by Crippen LogP contribution is 2.23. The fourth-order valence-electron chi connectivity index (χ4n) is 2.35. The molecule has 0 saturated heterocycles. The van der Waals surface area contributed by atoms with E-state index in [1.807, 2.05) is 17.7 Å². The van der Waals surface area contributed by atoms with Gasteiger partial charge in [-0.1, -0.05) is 30.8 Å². The highest BCUT2D eigenvalue weighted by Gasteiger charge is 2.11. The SMILES string of the molecule is Cc1ccc(C)c(-n2ccnc2SCC(=O)NCC(C)CCO)c1. The number of aliphatic hydroxyl groups excluding tert-OH is 1. The summed E-state index contributed by atoms with van der Waals surface area (Å²) >= 11 is 1.43. The molecule has 130 valence electrons. The van der Waals surface area contributed by atoms with E-state index < -0.39 is 0 Å². The summed E-state index contributed by atoms with van der Waals surface area (Å²) in [6, 6.07) is 6.30. The van der Waals surface area contributed by atoms with Gasteiger partial charge in [-0.2, -0.15) is 0 Å². The van der Waals surface area contributed by atoms with Crippen LogP contribution in [0.15, 0.2) is 35.7 Å². The largest absolute Gasteiger partial charge is 0.396 e. The highest BCUT2D eigenvalue weighted by molar-refractivity contribution is 7.99. The third-order valence-corrected chi connectivity index (χ3v) is 4.80. The van der Waals surface area contributed by atoms with Crippen LogP contribution in [0.25, 0.3) is 5.69 Å². The van der Waals surface area contributed by atoms with Gasteiger partial charge in [-0.15, -0.1) is 0 Å². The number of nitrogens with zero attached hydrogens (tertiary/aromatic N) is 2. The topological polar surface area (TPSA) is 67.2 Å². The number of aryl methyl sites for hydroxylation is 2. The van der Waals surface area contributed by atoms with Gasteiger partial charge in [-0.3, -0.25) is 9.36 Å². The number of nitrogens with one attached hydrogen (secondary N) is 1. The first kappa shape index (κ1) is 18.5. The molecule has 0 aliphatic carbocycles. The minimum atomic E-state index is -0.0136. The van der Waals surface area contributed by atoms with Crippen LogP contribution in [-0.2, 0) is 4.79 Å². The van der Waals surface area contributed by atoms with Crippen molar-refractivity contribution in [3.05, 3.63) is 41.7 Å². The van der Waals surface area contributed by atoms with E-state index in [0.717, 1.165) is 10.8 Å². The van der Waals surface area contributed by atoms with Crippen LogP contribution in [0.1, 0.15) is 24.5 Å². The molecule has 0 saturated carbocycles. The molecule has 2 N–H and O–H groups in total. The molecule has 0 bridgehead atoms. The number of hydrogen-bond donors (Lipinski definition) is 2. The average Bonchev–Trinajstić information content (AvgIpc) is 3.02. The smallest absolute Gasteiger partial charge is 0.230 e. The molecule has 1 amide bonds. The maximum absolute atomic E-state index is 12.0. The lowest BCUT2D eigenvalue weighted by Crippen LogP contribution is -2.30. The number of aromatic nitrogens is 2. The highest BCUT2D eigenvalue weighted by atomic mass is 32.2. The van der Waals surface area contributed by atoms with Crippen molar-refractivity contribution in [3.8, 4) is 5.69 Å². The summed E-state index contributed by atoms with van der Waals surface area (Å²) in [6.45, 7) is 6.88. The summed E-state index contributed by atoms with van der Waals surface area (Å²) in [7, 11) is 0. The standard InChI is InChI=1S/C18H25N3O2S/c1-13-4-5-15(3)16(10-13)21-8-7-19-18(21)24-12-17(23)20-11-14(2)6-9-22/h4-5,7-8,10,14,22H,6,9,11-12H2,1-3H3,(H,20,23). The van der Waals surface area contributed by atoms with Crippen molar-refractivity contribution in [2.24, 2.45) is 5.92 Å². The Morgan fingerprint density at radius 3 is 2.96 bits per heavy atom. The molecule has 5 nitrogen and oxygen atoms in total. The van der Waals surface area contributed by atoms with Gasteiger partial charge in [0.05, 0.1) is 11.4 Å². The molecule has 0 spiro atoms. The zero-order valence-corrected chi connectivity index (χ0v) is 15.3. The van der Waals surface area contributed by atoms with Crippen LogP contribution in [0.3, 0.4) is 0 Å². The van der Waals surface area contributed by atoms with Gasteiger partial charge < -0.3 is 10.4 Å². The summed E-state index contributed by atoms with van der Waals surface area (Å²) in [5, 5.41) is 12.6. The molecule has 1 heterocycles. The molecule has 0 aliphatic rings. The molecular weight excluding hydrogens is 322 g/mol. The molecule has 1 aromatic heterocycles. The van der Waals surface area contributed by atoms with E-state index in [-0.39, 0.29) is 18.4 Å². The Balaban J connectivity index is 1.96. The molecule has 6 heteroatoms. The predicted octanol–water partition coefficient (Wildman–Crippen LogP) is 2.72. The van der Waals surface area contributed by atoms with Crippen molar-refractivity contribution in [3.63, 3.8) is 0 Å². The first-order chi connectivity index (χ1) is 11.5. The van der Waals surface area contributed by atoms with Crippen LogP contribution in [0.4, 0.5) is 0 Å². The van der Waals surface area contributed by atoms with Crippen molar-refractivity contribution in [1.29, 1.82) is 0 Å². The van der Waals surface area contributed by atoms with E-state index in [9.17, 15) is 4.79 Å². The maximum atomic E-state index is 12.0. The van der Waals surface area contributed by atoms with E-state index in [4.69, 9.17) is 5.11 Å². The zero-order valence-electron chi connectivity index (χ0n) is 14.5. The Hall–Kier alpha value is -1.79. The van der Waals surface area contributed by atoms with E-state index in [0.29, 0.717) is 18.7 Å². The molecule has 1 atom stereocenters. The summed E-state index contributed by atoms with van der Waals surface area (Å²) in [5.41, 5.74) is 3.45. The van der Waals surface area contributed by atoms with Crippen molar-refractivity contribution in [2.45, 2.75) is 32.3 Å². The molecule has 1 aromatic carbocycles. The number of carbonyl (C=O) groups is 1. The normalized spacial score (nSPS) is 12.2. The van der Waals surface area contributed by atoms with Gasteiger partial charge in [0.15, 0.2) is 5.16 Å². The Morgan fingerprint density at radius 1 is 1.42 bits per heavy atom. The first-order valence-corrected chi connectivity index (χ1v) is 9.11. The number of aliphatic hydroxyl groups is 1. The number of carbonyl (C=O) groups excluding carboxylic acids is 1. The third-order valence-electron chi connectivity index (χ3n) is 3.83. The zero-order chi connectivity index (χ0) is 17.5. The molecule has 2 rings (SSSR count). The summed E-state index contributed by atoms with van der Waals surface area (Å²) in [6.07, 6.45) is 4.38. The van der Waals surface area contributed by atoms with Gasteiger partial charge in [0.1, 0.15) is 0 Å². The van der Waals surface area contributed by atoms with E-state index in [1.165, 1.54) is 22.9 Å². The molecule has 0 fully saturated rings. The minimum absolute atomic E-state index is 0.0136. The van der Waals surface area contributed by atoms with Gasteiger partial charge in [0.25, 0.3) is 0 Å². The molecule has 2 aromatic rings. The number of amides is 1. The van der Waals surface area contributed by atoms with E-state index in [1.54, 1.807) is 6.20 Å². The van der Waals surface area contributed by atoms with Gasteiger partial charge in [0.2, 0.25) is 5.91 Å². The van der Waals surface area contributed by atoms with Crippen molar-refractivity contribution in [1.82, 2.24) is 14.9 Å². The lowest BCUT2D eigenvalue weighted by molar-refractivity contribution is -0.118. The molecule has 1 unspecified atom stereocenters. The fourth-order valence-corrected chi connectivity index (χ4v) is 3.15. The molecular formula is C18H25N3O2S. The van der Waals surface area contributed by atoms with Crippen LogP contribution < -0.4 is 5.32 Å². The number of imidazole rings is 1. The van der Waals surface area contributed by atoms with Crippen molar-refractivity contribution in [2.75, 3.05) is 18.9 Å². The summed E-state index contributed by atoms with van der Waals surface area (Å²) < 4.78 is 2.02. The van der Waals surface area contributed by atoms with Crippen LogP contribution in [0, 0.1) is 19.8 Å². The monoisotopic (exact) mass is 347 g/mol. The van der Waals surface area contributed by atoms with Crippen LogP contribution in [-0.4, -0.2) is 39.5 Å². The Bertz CT molecular complexity index is 685. The van der Waals surface area contributed by atoms with Crippen molar-refractivity contribution < 1.29 is 9.90 Å². The van der Waals surface area contributed by atoms with Gasteiger partial charge in [-0.05, 0) is 43.4 Å². The molecule has 24 heavy (non-hydrogen) atoms. The maximum Gasteiger partial charge on any atom is 0.230 e. The first-order valence-electron chi connectivity index (χ1n) is 8.12. The van der Waals surface area contributed by atoms with Gasteiger partial charge in [0, 0.05) is 25.5 Å². The number of benzene rings is 1. The summed E-state index contributed by atoms with van der Waals surface area (Å²) in [4.78, 5) is 16.4. The Labute approximate surface area is 147 Å². The molecule has 0 radical (unpaired) electrons. The van der Waals surface area contributed by atoms with E-state index >= 15 is 0 Å². The second kappa shape index (κ2) is 8.89. The second-order valence-electron chi connectivity index (χ2n) is 6.08. The lowest BCUT2D eigenvalue weighted by Gasteiger charge is -2.12. The lowest BCUT2D eigenvalue weighted by atomic mass is 10.1. The van der Waals surface area contributed by atoms with Crippen LogP contribution in [0.2, 0.25) is 0 Å². The average molecular weight is 347 g/mol. The third kappa shape index (κ3) is 5.11. The predicted molar refractivity (Wildman–Crippen MR) is 97.6 cm³/mol. The minimum Gasteiger partial charge on any atom is -0.396 e. The van der Waals surface area contributed by atoms with E-state index in [2.05, 4.69) is 42.3 Å². The number of thioether (sulfide) groups is 1. The molecule has 0 aliphatic heterocycles. The Kier molecular flexibility index (Phi) is 6.87. The van der Waals surface area contributed by atoms with Gasteiger partial charge in [-0.25, -0.2) is 4.98 Å². The van der Waals surface area contributed by atoms with Crippen LogP contribution >= 0.6 is 11.8 Å². The Morgan fingerprint density at radius 2 is 2.21 bits per heavy atom. The number of hydrogen-bond acceptors (Lipinski definition) is 4. The van der Waals surface area contributed by atoms with Crippen molar-refractivity contribution >= 4 is 17.7 Å². The quantitative estimate of drug-likeness (QED) is 0.721. The summed E-state index contributed by atoms with van der Waals surface area (Å²) in [5.74, 6) is 0.592.